The van der Waals surface area contributed by atoms with Gasteiger partial charge in [0.25, 0.3) is 0 Å². The third kappa shape index (κ3) is 1.92. The number of nitrogens with zero attached hydrogens (tertiary/aromatic N) is 1. The first-order valence-electron chi connectivity index (χ1n) is 3.15. The fraction of sp³-hybridized carbons (Fsp3) is 0.125. The van der Waals surface area contributed by atoms with Crippen LogP contribution < -0.4 is 0 Å². The van der Waals surface area contributed by atoms with Crippen LogP contribution in [-0.2, 0) is 0 Å². The Bertz CT molecular complexity index is 283. The molecule has 58 valence electrons. The standard InChI is InChI=1S/C8H8INO/c1-10-5-6-3-2-4-7(9)8(6)11/h2-5,11H,1H3. The quantitative estimate of drug-likeness (QED) is 0.609. The Morgan fingerprint density at radius 3 is 2.91 bits per heavy atom. The Morgan fingerprint density at radius 2 is 2.27 bits per heavy atom. The van der Waals surface area contributed by atoms with Crippen LogP contribution in [0, 0.1) is 3.57 Å². The predicted molar refractivity (Wildman–Crippen MR) is 54.3 cm³/mol. The van der Waals surface area contributed by atoms with Gasteiger partial charge in [0, 0.05) is 18.8 Å². The van der Waals surface area contributed by atoms with Gasteiger partial charge in [-0.3, -0.25) is 4.99 Å². The van der Waals surface area contributed by atoms with Gasteiger partial charge in [-0.15, -0.1) is 0 Å². The molecular weight excluding hydrogens is 253 g/mol. The van der Waals surface area contributed by atoms with Gasteiger partial charge in [-0.05, 0) is 34.7 Å². The van der Waals surface area contributed by atoms with Gasteiger partial charge in [-0.2, -0.15) is 0 Å². The van der Waals surface area contributed by atoms with E-state index in [1.165, 1.54) is 0 Å². The van der Waals surface area contributed by atoms with Crippen LogP contribution in [0.3, 0.4) is 0 Å². The highest BCUT2D eigenvalue weighted by atomic mass is 127. The molecule has 0 radical (unpaired) electrons. The molecule has 2 nitrogen and oxygen atoms in total. The number of phenolic OH excluding ortho intramolecular Hbond substituents is 1. The summed E-state index contributed by atoms with van der Waals surface area (Å²) in [5.41, 5.74) is 0.763. The Balaban J connectivity index is 3.16. The molecule has 0 aliphatic heterocycles. The first-order chi connectivity index (χ1) is 5.25. The van der Waals surface area contributed by atoms with Gasteiger partial charge in [-0.1, -0.05) is 6.07 Å². The van der Waals surface area contributed by atoms with Gasteiger partial charge in [0.2, 0.25) is 0 Å². The van der Waals surface area contributed by atoms with Crippen LogP contribution in [0.25, 0.3) is 0 Å². The molecular formula is C8H8INO. The van der Waals surface area contributed by atoms with Crippen molar-refractivity contribution in [1.29, 1.82) is 0 Å². The van der Waals surface area contributed by atoms with Crippen molar-refractivity contribution in [3.8, 4) is 5.75 Å². The van der Waals surface area contributed by atoms with Crippen molar-refractivity contribution in [3.05, 3.63) is 27.3 Å². The molecule has 3 heteroatoms. The number of aromatic hydroxyl groups is 1. The lowest BCUT2D eigenvalue weighted by molar-refractivity contribution is 0.470. The summed E-state index contributed by atoms with van der Waals surface area (Å²) in [5.74, 6) is 0.304. The number of aliphatic imine (C=N–C) groups is 1. The molecule has 0 aliphatic carbocycles. The Morgan fingerprint density at radius 1 is 1.55 bits per heavy atom. The number of phenols is 1. The first kappa shape index (κ1) is 8.52. The van der Waals surface area contributed by atoms with Gasteiger partial charge in [0.15, 0.2) is 0 Å². The van der Waals surface area contributed by atoms with Crippen LogP contribution in [-0.4, -0.2) is 18.4 Å². The number of hydrogen-bond donors (Lipinski definition) is 1. The average molecular weight is 261 g/mol. The molecule has 0 atom stereocenters. The number of para-hydroxylation sites is 1. The zero-order chi connectivity index (χ0) is 8.27. The molecule has 0 fully saturated rings. The second kappa shape index (κ2) is 3.71. The minimum Gasteiger partial charge on any atom is -0.506 e. The van der Waals surface area contributed by atoms with E-state index in [9.17, 15) is 5.11 Å². The lowest BCUT2D eigenvalue weighted by Crippen LogP contribution is -1.83. The summed E-state index contributed by atoms with van der Waals surface area (Å²) >= 11 is 2.08. The Labute approximate surface area is 79.1 Å². The van der Waals surface area contributed by atoms with Gasteiger partial charge in [0.1, 0.15) is 5.75 Å². The summed E-state index contributed by atoms with van der Waals surface area (Å²) in [5, 5.41) is 9.43. The normalized spacial score (nSPS) is 10.7. The molecule has 0 spiro atoms. The van der Waals surface area contributed by atoms with Gasteiger partial charge in [-0.25, -0.2) is 0 Å². The highest BCUT2D eigenvalue weighted by Crippen LogP contribution is 2.21. The zero-order valence-corrected chi connectivity index (χ0v) is 8.24. The van der Waals surface area contributed by atoms with Crippen molar-refractivity contribution < 1.29 is 5.11 Å². The van der Waals surface area contributed by atoms with Crippen LogP contribution >= 0.6 is 22.6 Å². The molecule has 0 amide bonds. The third-order valence-corrected chi connectivity index (χ3v) is 2.16. The fourth-order valence-electron chi connectivity index (χ4n) is 0.775. The van der Waals surface area contributed by atoms with E-state index in [-0.39, 0.29) is 0 Å². The summed E-state index contributed by atoms with van der Waals surface area (Å²) in [4.78, 5) is 3.82. The Kier molecular flexibility index (Phi) is 2.87. The van der Waals surface area contributed by atoms with Crippen LogP contribution in [0.4, 0.5) is 0 Å². The molecule has 11 heavy (non-hydrogen) atoms. The van der Waals surface area contributed by atoms with E-state index < -0.39 is 0 Å². The van der Waals surface area contributed by atoms with Crippen LogP contribution in [0.15, 0.2) is 23.2 Å². The lowest BCUT2D eigenvalue weighted by Gasteiger charge is -1.98. The summed E-state index contributed by atoms with van der Waals surface area (Å²) in [7, 11) is 1.68. The molecule has 0 heterocycles. The SMILES string of the molecule is CN=Cc1cccc(I)c1O. The highest BCUT2D eigenvalue weighted by molar-refractivity contribution is 14.1. The molecule has 0 aromatic heterocycles. The topological polar surface area (TPSA) is 32.6 Å². The molecule has 1 aromatic rings. The molecule has 1 N–H and O–H groups in total. The predicted octanol–water partition coefficient (Wildman–Crippen LogP) is 2.05. The van der Waals surface area contributed by atoms with Crippen LogP contribution in [0.1, 0.15) is 5.56 Å². The molecule has 0 unspecified atom stereocenters. The number of benzene rings is 1. The Hall–Kier alpha value is -0.580. The minimum absolute atomic E-state index is 0.304. The van der Waals surface area contributed by atoms with Gasteiger partial charge < -0.3 is 5.11 Å². The summed E-state index contributed by atoms with van der Waals surface area (Å²) in [6, 6.07) is 5.56. The highest BCUT2D eigenvalue weighted by Gasteiger charge is 2.00. The largest absolute Gasteiger partial charge is 0.506 e. The molecule has 1 aromatic carbocycles. The van der Waals surface area contributed by atoms with Crippen molar-refractivity contribution in [2.24, 2.45) is 4.99 Å². The van der Waals surface area contributed by atoms with E-state index >= 15 is 0 Å². The average Bonchev–Trinajstić information content (AvgIpc) is 1.99. The summed E-state index contributed by atoms with van der Waals surface area (Å²) in [6.45, 7) is 0. The molecule has 0 saturated heterocycles. The van der Waals surface area contributed by atoms with E-state index in [0.717, 1.165) is 9.13 Å². The lowest BCUT2D eigenvalue weighted by atomic mass is 10.2. The van der Waals surface area contributed by atoms with E-state index in [2.05, 4.69) is 27.6 Å². The van der Waals surface area contributed by atoms with Crippen LogP contribution in [0.2, 0.25) is 0 Å². The van der Waals surface area contributed by atoms with E-state index in [0.29, 0.717) is 5.75 Å². The smallest absolute Gasteiger partial charge is 0.137 e. The van der Waals surface area contributed by atoms with Crippen molar-refractivity contribution >= 4 is 28.8 Å². The number of hydrogen-bond acceptors (Lipinski definition) is 2. The second-order valence-corrected chi connectivity index (χ2v) is 3.23. The maximum atomic E-state index is 9.43. The maximum Gasteiger partial charge on any atom is 0.137 e. The van der Waals surface area contributed by atoms with Crippen molar-refractivity contribution in [1.82, 2.24) is 0 Å². The van der Waals surface area contributed by atoms with Gasteiger partial charge >= 0.3 is 0 Å². The molecule has 0 aliphatic rings. The van der Waals surface area contributed by atoms with E-state index in [4.69, 9.17) is 0 Å². The number of rotatable bonds is 1. The van der Waals surface area contributed by atoms with E-state index in [1.807, 2.05) is 18.2 Å². The second-order valence-electron chi connectivity index (χ2n) is 2.06. The van der Waals surface area contributed by atoms with Crippen molar-refractivity contribution in [3.63, 3.8) is 0 Å². The minimum atomic E-state index is 0.304. The fourth-order valence-corrected chi connectivity index (χ4v) is 1.29. The van der Waals surface area contributed by atoms with Crippen molar-refractivity contribution in [2.45, 2.75) is 0 Å². The third-order valence-electron chi connectivity index (χ3n) is 1.29. The molecule has 1 rings (SSSR count). The summed E-state index contributed by atoms with van der Waals surface area (Å²) < 4.78 is 0.847. The van der Waals surface area contributed by atoms with Crippen molar-refractivity contribution in [2.75, 3.05) is 7.05 Å². The summed E-state index contributed by atoms with van der Waals surface area (Å²) in [6.07, 6.45) is 1.64. The molecule has 0 bridgehead atoms. The maximum absolute atomic E-state index is 9.43. The zero-order valence-electron chi connectivity index (χ0n) is 6.08. The molecule has 0 saturated carbocycles. The first-order valence-corrected chi connectivity index (χ1v) is 4.23. The number of halogens is 1. The van der Waals surface area contributed by atoms with E-state index in [1.54, 1.807) is 13.3 Å². The monoisotopic (exact) mass is 261 g/mol. The van der Waals surface area contributed by atoms with Gasteiger partial charge in [0.05, 0.1) is 3.57 Å². The van der Waals surface area contributed by atoms with Crippen LogP contribution in [0.5, 0.6) is 5.75 Å².